The third-order valence-electron chi connectivity index (χ3n) is 2.93. The molecule has 1 heterocycles. The van der Waals surface area contributed by atoms with Crippen LogP contribution in [0, 0.1) is 5.92 Å². The van der Waals surface area contributed by atoms with E-state index in [9.17, 15) is 0 Å². The molecule has 78 valence electrons. The van der Waals surface area contributed by atoms with E-state index in [1.54, 1.807) is 11.3 Å². The molecule has 1 aromatic rings. The first-order chi connectivity index (χ1) is 6.77. The lowest BCUT2D eigenvalue weighted by molar-refractivity contribution is 0.356. The van der Waals surface area contributed by atoms with Gasteiger partial charge in [0.2, 0.25) is 0 Å². The number of alkyl halides is 1. The summed E-state index contributed by atoms with van der Waals surface area (Å²) in [6.45, 7) is 0. The minimum absolute atomic E-state index is 0.528. The van der Waals surface area contributed by atoms with Gasteiger partial charge in [-0.3, -0.25) is 0 Å². The van der Waals surface area contributed by atoms with E-state index in [1.807, 2.05) is 6.07 Å². The van der Waals surface area contributed by atoms with Gasteiger partial charge in [-0.05, 0) is 30.9 Å². The highest BCUT2D eigenvalue weighted by molar-refractivity contribution is 9.09. The summed E-state index contributed by atoms with van der Waals surface area (Å²) in [4.78, 5) is 1.92. The third kappa shape index (κ3) is 2.53. The van der Waals surface area contributed by atoms with Crippen molar-refractivity contribution in [1.29, 1.82) is 0 Å². The molecule has 0 amide bonds. The zero-order valence-electron chi connectivity index (χ0n) is 8.01. The SMILES string of the molecule is Clc1ccc(C(Br)C2CCCCC2)s1. The first-order valence-electron chi connectivity index (χ1n) is 5.16. The van der Waals surface area contributed by atoms with Crippen LogP contribution in [0.4, 0.5) is 0 Å². The van der Waals surface area contributed by atoms with Crippen molar-refractivity contribution >= 4 is 38.9 Å². The smallest absolute Gasteiger partial charge is 0.0931 e. The molecule has 0 bridgehead atoms. The molecule has 1 aliphatic rings. The van der Waals surface area contributed by atoms with Crippen LogP contribution in [-0.4, -0.2) is 0 Å². The van der Waals surface area contributed by atoms with E-state index in [0.717, 1.165) is 10.3 Å². The highest BCUT2D eigenvalue weighted by Crippen LogP contribution is 2.43. The van der Waals surface area contributed by atoms with E-state index in [1.165, 1.54) is 37.0 Å². The van der Waals surface area contributed by atoms with Gasteiger partial charge in [0.25, 0.3) is 0 Å². The van der Waals surface area contributed by atoms with Crippen molar-refractivity contribution < 1.29 is 0 Å². The van der Waals surface area contributed by atoms with Crippen LogP contribution in [0.5, 0.6) is 0 Å². The highest BCUT2D eigenvalue weighted by atomic mass is 79.9. The normalized spacial score (nSPS) is 21.0. The van der Waals surface area contributed by atoms with Gasteiger partial charge in [-0.2, -0.15) is 0 Å². The fourth-order valence-electron chi connectivity index (χ4n) is 2.14. The molecule has 0 nitrogen and oxygen atoms in total. The number of hydrogen-bond acceptors (Lipinski definition) is 1. The Morgan fingerprint density at radius 2 is 2.00 bits per heavy atom. The van der Waals surface area contributed by atoms with Crippen LogP contribution >= 0.6 is 38.9 Å². The zero-order chi connectivity index (χ0) is 9.97. The Hall–Kier alpha value is 0.470. The molecule has 1 aromatic heterocycles. The maximum absolute atomic E-state index is 5.94. The van der Waals surface area contributed by atoms with Crippen molar-refractivity contribution in [3.63, 3.8) is 0 Å². The van der Waals surface area contributed by atoms with Gasteiger partial charge in [0, 0.05) is 4.88 Å². The molecule has 1 unspecified atom stereocenters. The second-order valence-corrected chi connectivity index (χ2v) is 6.67. The minimum atomic E-state index is 0.528. The number of halogens is 2. The van der Waals surface area contributed by atoms with E-state index in [-0.39, 0.29) is 0 Å². The Kier molecular flexibility index (Phi) is 3.92. The summed E-state index contributed by atoms with van der Waals surface area (Å²) in [7, 11) is 0. The molecule has 1 aliphatic carbocycles. The molecule has 14 heavy (non-hydrogen) atoms. The Labute approximate surface area is 103 Å². The predicted molar refractivity (Wildman–Crippen MR) is 67.6 cm³/mol. The predicted octanol–water partition coefficient (Wildman–Crippen LogP) is 5.42. The van der Waals surface area contributed by atoms with Gasteiger partial charge in [0.1, 0.15) is 0 Å². The van der Waals surface area contributed by atoms with Gasteiger partial charge in [-0.25, -0.2) is 0 Å². The molecule has 0 saturated heterocycles. The van der Waals surface area contributed by atoms with E-state index >= 15 is 0 Å². The summed E-state index contributed by atoms with van der Waals surface area (Å²) in [5.41, 5.74) is 0. The van der Waals surface area contributed by atoms with E-state index in [4.69, 9.17) is 11.6 Å². The second-order valence-electron chi connectivity index (χ2n) is 3.94. The molecule has 1 fully saturated rings. The van der Waals surface area contributed by atoms with Gasteiger partial charge in [0.05, 0.1) is 9.16 Å². The Bertz CT molecular complexity index is 291. The minimum Gasteiger partial charge on any atom is -0.127 e. The highest BCUT2D eigenvalue weighted by Gasteiger charge is 2.23. The lowest BCUT2D eigenvalue weighted by atomic mass is 9.86. The summed E-state index contributed by atoms with van der Waals surface area (Å²) in [6.07, 6.45) is 6.94. The molecule has 1 saturated carbocycles. The van der Waals surface area contributed by atoms with Crippen molar-refractivity contribution in [2.24, 2.45) is 5.92 Å². The monoisotopic (exact) mass is 292 g/mol. The van der Waals surface area contributed by atoms with Crippen molar-refractivity contribution in [1.82, 2.24) is 0 Å². The molecule has 2 rings (SSSR count). The Morgan fingerprint density at radius 3 is 2.57 bits per heavy atom. The second kappa shape index (κ2) is 5.00. The molecular formula is C11H14BrClS. The Morgan fingerprint density at radius 1 is 1.29 bits per heavy atom. The van der Waals surface area contributed by atoms with Gasteiger partial charge in [0.15, 0.2) is 0 Å². The molecule has 3 heteroatoms. The Balaban J connectivity index is 2.03. The molecule has 0 N–H and O–H groups in total. The van der Waals surface area contributed by atoms with Crippen LogP contribution in [0.15, 0.2) is 12.1 Å². The molecular weight excluding hydrogens is 280 g/mol. The quantitative estimate of drug-likeness (QED) is 0.639. The van der Waals surface area contributed by atoms with Crippen LogP contribution in [-0.2, 0) is 0 Å². The van der Waals surface area contributed by atoms with E-state index in [2.05, 4.69) is 22.0 Å². The maximum atomic E-state index is 5.94. The fraction of sp³-hybridized carbons (Fsp3) is 0.636. The standard InChI is InChI=1S/C11H14BrClS/c12-11(8-4-2-1-3-5-8)9-6-7-10(13)14-9/h6-8,11H,1-5H2. The first-order valence-corrected chi connectivity index (χ1v) is 7.27. The van der Waals surface area contributed by atoms with Crippen molar-refractivity contribution in [3.05, 3.63) is 21.3 Å². The van der Waals surface area contributed by atoms with Crippen LogP contribution in [0.3, 0.4) is 0 Å². The zero-order valence-corrected chi connectivity index (χ0v) is 11.2. The lowest BCUT2D eigenvalue weighted by Gasteiger charge is -2.25. The number of rotatable bonds is 2. The van der Waals surface area contributed by atoms with Gasteiger partial charge >= 0.3 is 0 Å². The van der Waals surface area contributed by atoms with Crippen LogP contribution in [0.25, 0.3) is 0 Å². The third-order valence-corrected chi connectivity index (χ3v) is 5.79. The first kappa shape index (κ1) is 11.0. The number of thiophene rings is 1. The molecule has 1 atom stereocenters. The van der Waals surface area contributed by atoms with Gasteiger partial charge in [-0.1, -0.05) is 46.8 Å². The summed E-state index contributed by atoms with van der Waals surface area (Å²) in [5, 5.41) is 0. The van der Waals surface area contributed by atoms with Crippen molar-refractivity contribution in [2.45, 2.75) is 36.9 Å². The average Bonchev–Trinajstić information content (AvgIpc) is 2.65. The van der Waals surface area contributed by atoms with Crippen molar-refractivity contribution in [3.8, 4) is 0 Å². The summed E-state index contributed by atoms with van der Waals surface area (Å²) in [5.74, 6) is 0.818. The summed E-state index contributed by atoms with van der Waals surface area (Å²) in [6, 6.07) is 4.15. The summed E-state index contributed by atoms with van der Waals surface area (Å²) < 4.78 is 0.903. The van der Waals surface area contributed by atoms with E-state index in [0.29, 0.717) is 4.83 Å². The van der Waals surface area contributed by atoms with Crippen LogP contribution < -0.4 is 0 Å². The fourth-order valence-corrected chi connectivity index (χ4v) is 4.23. The van der Waals surface area contributed by atoms with Crippen LogP contribution in [0.1, 0.15) is 41.8 Å². The largest absolute Gasteiger partial charge is 0.127 e. The van der Waals surface area contributed by atoms with Gasteiger partial charge in [-0.15, -0.1) is 11.3 Å². The van der Waals surface area contributed by atoms with Crippen LogP contribution in [0.2, 0.25) is 4.34 Å². The molecule has 0 spiro atoms. The average molecular weight is 294 g/mol. The number of hydrogen-bond donors (Lipinski definition) is 0. The van der Waals surface area contributed by atoms with E-state index < -0.39 is 0 Å². The molecule has 0 radical (unpaired) electrons. The van der Waals surface area contributed by atoms with Crippen molar-refractivity contribution in [2.75, 3.05) is 0 Å². The lowest BCUT2D eigenvalue weighted by Crippen LogP contribution is -2.10. The molecule has 0 aromatic carbocycles. The molecule has 0 aliphatic heterocycles. The maximum Gasteiger partial charge on any atom is 0.0931 e. The topological polar surface area (TPSA) is 0 Å². The van der Waals surface area contributed by atoms with Gasteiger partial charge < -0.3 is 0 Å². The summed E-state index contributed by atoms with van der Waals surface area (Å²) >= 11 is 11.5.